The molecule has 0 saturated carbocycles. The first-order valence-corrected chi connectivity index (χ1v) is 6.80. The van der Waals surface area contributed by atoms with Crippen LogP contribution in [0.3, 0.4) is 0 Å². The summed E-state index contributed by atoms with van der Waals surface area (Å²) in [5.74, 6) is 0.338. The number of hydrogen-bond acceptors (Lipinski definition) is 7. The average Bonchev–Trinajstić information content (AvgIpc) is 2.94. The maximum Gasteiger partial charge on any atom is 0.261 e. The van der Waals surface area contributed by atoms with Gasteiger partial charge in [0.25, 0.3) is 5.89 Å². The van der Waals surface area contributed by atoms with E-state index in [9.17, 15) is 10.2 Å². The molecule has 2 heterocycles. The Balaban J connectivity index is 1.91. The molecule has 0 spiro atoms. The monoisotopic (exact) mass is 290 g/mol. The van der Waals surface area contributed by atoms with E-state index < -0.39 is 0 Å². The molecule has 1 fully saturated rings. The van der Waals surface area contributed by atoms with Gasteiger partial charge >= 0.3 is 0 Å². The zero-order valence-corrected chi connectivity index (χ0v) is 12.0. The number of hydrogen-bond donors (Lipinski definition) is 2. The number of nitrogens with zero attached hydrogens (tertiary/aromatic N) is 4. The summed E-state index contributed by atoms with van der Waals surface area (Å²) in [5, 5.41) is 23.4. The third kappa shape index (κ3) is 2.57. The van der Waals surface area contributed by atoms with Crippen LogP contribution in [-0.4, -0.2) is 63.9 Å². The fourth-order valence-electron chi connectivity index (χ4n) is 2.47. The molecule has 1 atom stereocenters. The summed E-state index contributed by atoms with van der Waals surface area (Å²) in [6.07, 6.45) is 0. The van der Waals surface area contributed by atoms with Crippen LogP contribution < -0.4 is 0 Å². The topological polar surface area (TPSA) is 85.9 Å². The molecule has 21 heavy (non-hydrogen) atoms. The Bertz CT molecular complexity index is 643. The summed E-state index contributed by atoms with van der Waals surface area (Å²) in [6.45, 7) is 2.76. The van der Waals surface area contributed by atoms with Crippen molar-refractivity contribution in [3.05, 3.63) is 24.0 Å². The van der Waals surface area contributed by atoms with E-state index >= 15 is 0 Å². The van der Waals surface area contributed by atoms with Crippen molar-refractivity contribution in [2.45, 2.75) is 6.04 Å². The maximum atomic E-state index is 9.87. The molecule has 1 saturated heterocycles. The summed E-state index contributed by atoms with van der Waals surface area (Å²) < 4.78 is 5.25. The summed E-state index contributed by atoms with van der Waals surface area (Å²) in [7, 11) is 4.08. The molecular weight excluding hydrogens is 272 g/mol. The van der Waals surface area contributed by atoms with Crippen molar-refractivity contribution in [2.75, 3.05) is 33.7 Å². The lowest BCUT2D eigenvalue weighted by Crippen LogP contribution is -2.45. The molecular formula is C14H18N4O3. The van der Waals surface area contributed by atoms with Gasteiger partial charge in [-0.1, -0.05) is 11.2 Å². The molecule has 112 valence electrons. The Hall–Kier alpha value is -2.12. The fourth-order valence-corrected chi connectivity index (χ4v) is 2.47. The van der Waals surface area contributed by atoms with Crippen LogP contribution in [0, 0.1) is 0 Å². The molecule has 0 radical (unpaired) electrons. The summed E-state index contributed by atoms with van der Waals surface area (Å²) in [6, 6.07) is 4.71. The number of rotatable bonds is 2. The highest BCUT2D eigenvalue weighted by Crippen LogP contribution is 2.35. The fraction of sp³-hybridized carbons (Fsp3) is 0.429. The summed E-state index contributed by atoms with van der Waals surface area (Å²) in [4.78, 5) is 8.77. The number of phenols is 2. The number of phenolic OH excluding ortho intramolecular Hbond substituents is 2. The number of likely N-dealkylation sites (N-methyl/N-ethyl adjacent to an activating group) is 2. The van der Waals surface area contributed by atoms with Gasteiger partial charge in [0.05, 0.1) is 11.6 Å². The standard InChI is InChI=1S/C14H18N4O3/c1-17-6-7-18(2)10(8-17)13-15-14(21-16-13)9-4-3-5-11(19)12(9)20/h3-5,10,19-20H,6-8H2,1-2H3. The van der Waals surface area contributed by atoms with Crippen LogP contribution in [-0.2, 0) is 0 Å². The van der Waals surface area contributed by atoms with E-state index in [2.05, 4.69) is 27.0 Å². The zero-order valence-electron chi connectivity index (χ0n) is 12.0. The molecule has 1 unspecified atom stereocenters. The molecule has 3 rings (SSSR count). The normalized spacial score (nSPS) is 20.8. The van der Waals surface area contributed by atoms with Gasteiger partial charge in [-0.2, -0.15) is 4.98 Å². The lowest BCUT2D eigenvalue weighted by molar-refractivity contribution is 0.108. The molecule has 1 aliphatic heterocycles. The molecule has 1 aromatic heterocycles. The number of aromatic nitrogens is 2. The molecule has 1 aliphatic rings. The number of aromatic hydroxyl groups is 2. The van der Waals surface area contributed by atoms with Crippen molar-refractivity contribution in [3.63, 3.8) is 0 Å². The van der Waals surface area contributed by atoms with Gasteiger partial charge < -0.3 is 19.6 Å². The van der Waals surface area contributed by atoms with Crippen molar-refractivity contribution in [1.82, 2.24) is 19.9 Å². The minimum Gasteiger partial charge on any atom is -0.504 e. The Kier molecular flexibility index (Phi) is 3.52. The van der Waals surface area contributed by atoms with Crippen molar-refractivity contribution in [2.24, 2.45) is 0 Å². The summed E-state index contributed by atoms with van der Waals surface area (Å²) in [5.41, 5.74) is 0.334. The van der Waals surface area contributed by atoms with E-state index in [1.807, 2.05) is 7.05 Å². The number of para-hydroxylation sites is 1. The lowest BCUT2D eigenvalue weighted by Gasteiger charge is -2.35. The van der Waals surface area contributed by atoms with Crippen LogP contribution >= 0.6 is 0 Å². The highest BCUT2D eigenvalue weighted by atomic mass is 16.5. The van der Waals surface area contributed by atoms with Gasteiger partial charge in [0.2, 0.25) is 0 Å². The van der Waals surface area contributed by atoms with Gasteiger partial charge in [-0.05, 0) is 26.2 Å². The molecule has 7 heteroatoms. The SMILES string of the molecule is CN1CCN(C)C(c2noc(-c3cccc(O)c3O)n2)C1. The van der Waals surface area contributed by atoms with Crippen LogP contribution in [0.5, 0.6) is 11.5 Å². The van der Waals surface area contributed by atoms with Crippen molar-refractivity contribution in [1.29, 1.82) is 0 Å². The highest BCUT2D eigenvalue weighted by molar-refractivity contribution is 5.66. The average molecular weight is 290 g/mol. The van der Waals surface area contributed by atoms with Gasteiger partial charge in [-0.3, -0.25) is 4.90 Å². The highest BCUT2D eigenvalue weighted by Gasteiger charge is 2.28. The lowest BCUT2D eigenvalue weighted by atomic mass is 10.1. The minimum absolute atomic E-state index is 0.0562. The van der Waals surface area contributed by atoms with E-state index in [-0.39, 0.29) is 23.4 Å². The van der Waals surface area contributed by atoms with Crippen molar-refractivity contribution in [3.8, 4) is 23.0 Å². The summed E-state index contributed by atoms with van der Waals surface area (Å²) >= 11 is 0. The largest absolute Gasteiger partial charge is 0.504 e. The van der Waals surface area contributed by atoms with Crippen LogP contribution in [0.25, 0.3) is 11.5 Å². The van der Waals surface area contributed by atoms with E-state index in [0.29, 0.717) is 11.4 Å². The Morgan fingerprint density at radius 1 is 1.24 bits per heavy atom. The smallest absolute Gasteiger partial charge is 0.261 e. The van der Waals surface area contributed by atoms with Gasteiger partial charge in [0.15, 0.2) is 17.3 Å². The first-order valence-electron chi connectivity index (χ1n) is 6.80. The third-order valence-corrected chi connectivity index (χ3v) is 3.84. The molecule has 2 aromatic rings. The maximum absolute atomic E-state index is 9.87. The van der Waals surface area contributed by atoms with Crippen LogP contribution in [0.15, 0.2) is 22.7 Å². The van der Waals surface area contributed by atoms with Crippen LogP contribution in [0.1, 0.15) is 11.9 Å². The minimum atomic E-state index is -0.248. The predicted molar refractivity (Wildman–Crippen MR) is 75.9 cm³/mol. The van der Waals surface area contributed by atoms with Gasteiger partial charge in [-0.25, -0.2) is 0 Å². The number of benzene rings is 1. The molecule has 0 amide bonds. The first-order chi connectivity index (χ1) is 10.1. The Morgan fingerprint density at radius 2 is 2.05 bits per heavy atom. The molecule has 0 bridgehead atoms. The van der Waals surface area contributed by atoms with E-state index in [0.717, 1.165) is 19.6 Å². The van der Waals surface area contributed by atoms with E-state index in [1.165, 1.54) is 6.07 Å². The number of piperazine rings is 1. The second-order valence-electron chi connectivity index (χ2n) is 5.39. The van der Waals surface area contributed by atoms with Crippen LogP contribution in [0.2, 0.25) is 0 Å². The molecule has 1 aromatic carbocycles. The zero-order chi connectivity index (χ0) is 15.0. The second-order valence-corrected chi connectivity index (χ2v) is 5.39. The predicted octanol–water partition coefficient (Wildman–Crippen LogP) is 1.07. The van der Waals surface area contributed by atoms with Gasteiger partial charge in [0.1, 0.15) is 0 Å². The van der Waals surface area contributed by atoms with E-state index in [1.54, 1.807) is 12.1 Å². The molecule has 7 nitrogen and oxygen atoms in total. The molecule has 2 N–H and O–H groups in total. The Morgan fingerprint density at radius 3 is 2.86 bits per heavy atom. The van der Waals surface area contributed by atoms with Crippen molar-refractivity contribution < 1.29 is 14.7 Å². The quantitative estimate of drug-likeness (QED) is 0.800. The van der Waals surface area contributed by atoms with Crippen LogP contribution in [0.4, 0.5) is 0 Å². The Labute approximate surface area is 122 Å². The van der Waals surface area contributed by atoms with Gasteiger partial charge in [0, 0.05) is 19.6 Å². The van der Waals surface area contributed by atoms with E-state index in [4.69, 9.17) is 4.52 Å². The second kappa shape index (κ2) is 5.34. The molecule has 0 aliphatic carbocycles. The van der Waals surface area contributed by atoms with Gasteiger partial charge in [-0.15, -0.1) is 0 Å². The third-order valence-electron chi connectivity index (χ3n) is 3.84. The van der Waals surface area contributed by atoms with Crippen molar-refractivity contribution >= 4 is 0 Å². The first kappa shape index (κ1) is 13.8.